The van der Waals surface area contributed by atoms with Gasteiger partial charge in [-0.15, -0.1) is 0 Å². The molecule has 1 spiro atoms. The molecule has 1 aromatic rings. The molecule has 3 saturated heterocycles. The monoisotopic (exact) mass is 471 g/mol. The molecule has 4 rings (SSSR count). The van der Waals surface area contributed by atoms with Crippen molar-refractivity contribution >= 4 is 23.4 Å². The predicted octanol–water partition coefficient (Wildman–Crippen LogP) is 2.31. The summed E-state index contributed by atoms with van der Waals surface area (Å²) in [6.45, 7) is 6.37. The van der Waals surface area contributed by atoms with E-state index in [4.69, 9.17) is 9.84 Å². The van der Waals surface area contributed by atoms with Gasteiger partial charge in [0.15, 0.2) is 0 Å². The van der Waals surface area contributed by atoms with Gasteiger partial charge in [-0.05, 0) is 63.5 Å². The predicted molar refractivity (Wildman–Crippen MR) is 128 cm³/mol. The molecule has 3 N–H and O–H groups in total. The summed E-state index contributed by atoms with van der Waals surface area (Å²) in [4.78, 5) is 42.4. The van der Waals surface area contributed by atoms with E-state index in [0.29, 0.717) is 38.6 Å². The van der Waals surface area contributed by atoms with E-state index >= 15 is 0 Å². The van der Waals surface area contributed by atoms with Crippen molar-refractivity contribution in [2.24, 2.45) is 11.8 Å². The van der Waals surface area contributed by atoms with E-state index < -0.39 is 29.1 Å². The van der Waals surface area contributed by atoms with Gasteiger partial charge < -0.3 is 25.4 Å². The molecule has 2 bridgehead atoms. The molecule has 3 aliphatic rings. The van der Waals surface area contributed by atoms with Gasteiger partial charge in [-0.3, -0.25) is 14.4 Å². The Balaban J connectivity index is 1.73. The molecule has 1 aromatic carbocycles. The lowest BCUT2D eigenvalue weighted by Crippen LogP contribution is -2.53. The smallest absolute Gasteiger partial charge is 0.250 e. The standard InChI is InChI=1S/C26H37N3O5/c1-5-25-12-13-26(34-25)19(18(25)22(31)27-4)24(33)29(14-7-6-8-15-30)21(26)23(32)28-20-16(2)10-9-11-17(20)3/h9-11,18-19,21,30H,5-8,12-15H2,1-4H3,(H,27,31)(H,28,32)/t18-,19-,21?,25+,26?/m0/s1. The molecule has 2 unspecified atom stereocenters. The lowest BCUT2D eigenvalue weighted by atomic mass is 9.65. The zero-order valence-corrected chi connectivity index (χ0v) is 20.6. The van der Waals surface area contributed by atoms with Gasteiger partial charge in [0.05, 0.1) is 17.4 Å². The van der Waals surface area contributed by atoms with Crippen molar-refractivity contribution in [2.45, 2.75) is 76.5 Å². The third-order valence-corrected chi connectivity index (χ3v) is 8.24. The average molecular weight is 472 g/mol. The maximum absolute atomic E-state index is 13.9. The van der Waals surface area contributed by atoms with Crippen molar-refractivity contribution in [3.05, 3.63) is 29.3 Å². The molecule has 3 amide bonds. The summed E-state index contributed by atoms with van der Waals surface area (Å²) in [5.41, 5.74) is 0.917. The minimum absolute atomic E-state index is 0.0951. The Morgan fingerprint density at radius 1 is 1.15 bits per heavy atom. The van der Waals surface area contributed by atoms with Crippen molar-refractivity contribution in [3.8, 4) is 0 Å². The maximum atomic E-state index is 13.9. The summed E-state index contributed by atoms with van der Waals surface area (Å²) < 4.78 is 6.69. The summed E-state index contributed by atoms with van der Waals surface area (Å²) in [5, 5.41) is 15.0. The molecule has 34 heavy (non-hydrogen) atoms. The molecule has 3 aliphatic heterocycles. The highest BCUT2D eigenvalue weighted by molar-refractivity contribution is 6.04. The number of aliphatic hydroxyl groups excluding tert-OH is 1. The van der Waals surface area contributed by atoms with Crippen molar-refractivity contribution in [2.75, 3.05) is 25.5 Å². The summed E-state index contributed by atoms with van der Waals surface area (Å²) >= 11 is 0. The van der Waals surface area contributed by atoms with Gasteiger partial charge in [0.2, 0.25) is 17.7 Å². The molecule has 8 nitrogen and oxygen atoms in total. The number of unbranched alkanes of at least 4 members (excludes halogenated alkanes) is 2. The third-order valence-electron chi connectivity index (χ3n) is 8.24. The number of nitrogens with zero attached hydrogens (tertiary/aromatic N) is 1. The van der Waals surface area contributed by atoms with Crippen molar-refractivity contribution < 1.29 is 24.2 Å². The number of amides is 3. The highest BCUT2D eigenvalue weighted by Gasteiger charge is 2.78. The van der Waals surface area contributed by atoms with E-state index in [-0.39, 0.29) is 24.3 Å². The molecule has 0 saturated carbocycles. The number of ether oxygens (including phenoxy) is 1. The van der Waals surface area contributed by atoms with Gasteiger partial charge in [-0.1, -0.05) is 25.1 Å². The van der Waals surface area contributed by atoms with Gasteiger partial charge in [-0.25, -0.2) is 0 Å². The Morgan fingerprint density at radius 2 is 1.85 bits per heavy atom. The summed E-state index contributed by atoms with van der Waals surface area (Å²) in [6.07, 6.45) is 3.90. The number of hydrogen-bond donors (Lipinski definition) is 3. The highest BCUT2D eigenvalue weighted by atomic mass is 16.5. The first-order chi connectivity index (χ1) is 16.3. The summed E-state index contributed by atoms with van der Waals surface area (Å²) in [6, 6.07) is 5.03. The second-order valence-corrected chi connectivity index (χ2v) is 10.0. The first kappa shape index (κ1) is 24.7. The molecular weight excluding hydrogens is 434 g/mol. The molecule has 0 aliphatic carbocycles. The Morgan fingerprint density at radius 3 is 2.47 bits per heavy atom. The van der Waals surface area contributed by atoms with Crippen molar-refractivity contribution in [1.29, 1.82) is 0 Å². The van der Waals surface area contributed by atoms with Crippen LogP contribution in [0, 0.1) is 25.7 Å². The van der Waals surface area contributed by atoms with Crippen LogP contribution in [-0.2, 0) is 19.1 Å². The SMILES string of the molecule is CC[C@]12CCC3(O1)C(C(=O)Nc1c(C)cccc1C)N(CCCCCO)C(=O)[C@@H]3[C@H]2C(=O)NC. The number of rotatable bonds is 9. The van der Waals surface area contributed by atoms with Gasteiger partial charge in [0.1, 0.15) is 11.6 Å². The van der Waals surface area contributed by atoms with Crippen LogP contribution in [0.4, 0.5) is 5.69 Å². The Hall–Kier alpha value is -2.45. The molecular formula is C26H37N3O5. The average Bonchev–Trinajstić information content (AvgIpc) is 3.42. The van der Waals surface area contributed by atoms with E-state index in [2.05, 4.69) is 10.6 Å². The first-order valence-corrected chi connectivity index (χ1v) is 12.5. The van der Waals surface area contributed by atoms with Crippen molar-refractivity contribution in [3.63, 3.8) is 0 Å². The van der Waals surface area contributed by atoms with E-state index in [9.17, 15) is 14.4 Å². The van der Waals surface area contributed by atoms with Gasteiger partial charge in [0, 0.05) is 25.9 Å². The topological polar surface area (TPSA) is 108 Å². The first-order valence-electron chi connectivity index (χ1n) is 12.5. The number of nitrogens with one attached hydrogen (secondary N) is 2. The van der Waals surface area contributed by atoms with Gasteiger partial charge in [-0.2, -0.15) is 0 Å². The minimum Gasteiger partial charge on any atom is -0.396 e. The number of anilines is 1. The fourth-order valence-electron chi connectivity index (χ4n) is 6.59. The number of para-hydroxylation sites is 1. The van der Waals surface area contributed by atoms with Crippen molar-refractivity contribution in [1.82, 2.24) is 10.2 Å². The minimum atomic E-state index is -1.01. The van der Waals surface area contributed by atoms with Crippen LogP contribution in [0.25, 0.3) is 0 Å². The van der Waals surface area contributed by atoms with E-state index in [0.717, 1.165) is 23.2 Å². The van der Waals surface area contributed by atoms with E-state index in [1.165, 1.54) is 0 Å². The van der Waals surface area contributed by atoms with Gasteiger partial charge >= 0.3 is 0 Å². The van der Waals surface area contributed by atoms with Crippen LogP contribution in [0.3, 0.4) is 0 Å². The largest absolute Gasteiger partial charge is 0.396 e. The number of hydrogen-bond acceptors (Lipinski definition) is 5. The lowest BCUT2D eigenvalue weighted by molar-refractivity contribution is -0.145. The fraction of sp³-hybridized carbons (Fsp3) is 0.654. The number of benzene rings is 1. The van der Waals surface area contributed by atoms with Crippen LogP contribution in [0.2, 0.25) is 0 Å². The molecule has 8 heteroatoms. The summed E-state index contributed by atoms with van der Waals surface area (Å²) in [7, 11) is 1.58. The fourth-order valence-corrected chi connectivity index (χ4v) is 6.59. The van der Waals surface area contributed by atoms with Crippen LogP contribution in [-0.4, -0.2) is 65.2 Å². The third kappa shape index (κ3) is 3.62. The van der Waals surface area contributed by atoms with E-state index in [1.807, 2.05) is 39.0 Å². The zero-order valence-electron chi connectivity index (χ0n) is 20.6. The molecule has 3 heterocycles. The van der Waals surface area contributed by atoms with Crippen LogP contribution < -0.4 is 10.6 Å². The van der Waals surface area contributed by atoms with Crippen LogP contribution in [0.5, 0.6) is 0 Å². The molecule has 3 fully saturated rings. The quantitative estimate of drug-likeness (QED) is 0.479. The summed E-state index contributed by atoms with van der Waals surface area (Å²) in [5.74, 6) is -1.92. The molecule has 5 atom stereocenters. The number of carbonyl (C=O) groups is 3. The van der Waals surface area contributed by atoms with Crippen LogP contribution >= 0.6 is 0 Å². The number of aliphatic hydroxyl groups is 1. The normalized spacial score (nSPS) is 31.6. The Kier molecular flexibility index (Phi) is 6.75. The lowest BCUT2D eigenvalue weighted by Gasteiger charge is -2.34. The second-order valence-electron chi connectivity index (χ2n) is 10.0. The zero-order chi connectivity index (χ0) is 24.7. The molecule has 0 radical (unpaired) electrons. The van der Waals surface area contributed by atoms with Gasteiger partial charge in [0.25, 0.3) is 0 Å². The van der Waals surface area contributed by atoms with Crippen LogP contribution in [0.15, 0.2) is 18.2 Å². The second kappa shape index (κ2) is 9.30. The number of likely N-dealkylation sites (tertiary alicyclic amines) is 1. The number of fused-ring (bicyclic) bond motifs is 1. The van der Waals surface area contributed by atoms with Crippen LogP contribution in [0.1, 0.15) is 56.6 Å². The Labute approximate surface area is 201 Å². The number of aryl methyl sites for hydroxylation is 2. The number of carbonyl (C=O) groups excluding carboxylic acids is 3. The molecule has 0 aromatic heterocycles. The van der Waals surface area contributed by atoms with E-state index in [1.54, 1.807) is 11.9 Å². The highest BCUT2D eigenvalue weighted by Crippen LogP contribution is 2.64. The molecule has 186 valence electrons. The Bertz CT molecular complexity index is 961. The maximum Gasteiger partial charge on any atom is 0.250 e.